The summed E-state index contributed by atoms with van der Waals surface area (Å²) in [5.74, 6) is -1.97. The molecule has 2 heterocycles. The van der Waals surface area contributed by atoms with Gasteiger partial charge in [-0.05, 0) is 46.5 Å². The molecule has 0 saturated carbocycles. The van der Waals surface area contributed by atoms with Crippen molar-refractivity contribution in [2.75, 3.05) is 26.2 Å². The van der Waals surface area contributed by atoms with Crippen LogP contribution >= 0.6 is 0 Å². The second kappa shape index (κ2) is 9.77. The van der Waals surface area contributed by atoms with Gasteiger partial charge in [0.2, 0.25) is 23.6 Å². The van der Waals surface area contributed by atoms with Crippen molar-refractivity contribution in [3.63, 3.8) is 0 Å². The smallest absolute Gasteiger partial charge is 0.410 e. The van der Waals surface area contributed by atoms with Crippen LogP contribution in [0.5, 0.6) is 0 Å². The Bertz CT molecular complexity index is 704. The predicted molar refractivity (Wildman–Crippen MR) is 106 cm³/mol. The van der Waals surface area contributed by atoms with E-state index in [9.17, 15) is 24.0 Å². The van der Waals surface area contributed by atoms with Gasteiger partial charge in [0.25, 0.3) is 0 Å². The topological polar surface area (TPSA) is 151 Å². The number of rotatable bonds is 6. The maximum atomic E-state index is 13.1. The number of hydrogen-bond acceptors (Lipinski definition) is 6. The Morgan fingerprint density at radius 1 is 0.933 bits per heavy atom. The molecule has 0 bridgehead atoms. The van der Waals surface area contributed by atoms with Crippen LogP contribution in [0, 0.1) is 0 Å². The van der Waals surface area contributed by atoms with E-state index in [4.69, 9.17) is 10.5 Å². The van der Waals surface area contributed by atoms with Crippen LogP contribution in [0.2, 0.25) is 0 Å². The minimum absolute atomic E-state index is 0.283. The van der Waals surface area contributed by atoms with E-state index in [1.807, 2.05) is 0 Å². The molecule has 2 fully saturated rings. The number of primary amides is 1. The van der Waals surface area contributed by atoms with Crippen LogP contribution in [0.4, 0.5) is 4.79 Å². The fraction of sp³-hybridized carbons (Fsp3) is 0.737. The fourth-order valence-electron chi connectivity index (χ4n) is 3.59. The van der Waals surface area contributed by atoms with Gasteiger partial charge < -0.3 is 26.0 Å². The van der Waals surface area contributed by atoms with E-state index in [2.05, 4.69) is 10.6 Å². The average molecular weight is 425 g/mol. The Labute approximate surface area is 175 Å². The standard InChI is InChI=1S/C19H31N5O6/c1-19(2,3)30-18(29)24-9-5-7-13(24)17(28)23-8-4-6-12(23)16(27)22-11-15(26)21-10-14(20)25/h12-13H,4-11H2,1-3H3,(H2,20,25)(H,21,26)(H,22,27)/t12-,13-/m0/s1. The zero-order chi connectivity index (χ0) is 22.5. The Morgan fingerprint density at radius 2 is 1.53 bits per heavy atom. The third kappa shape index (κ3) is 6.33. The molecule has 5 amide bonds. The lowest BCUT2D eigenvalue weighted by Crippen LogP contribution is -2.54. The summed E-state index contributed by atoms with van der Waals surface area (Å²) in [5.41, 5.74) is 4.28. The molecule has 0 spiro atoms. The summed E-state index contributed by atoms with van der Waals surface area (Å²) in [7, 11) is 0. The van der Waals surface area contributed by atoms with Crippen LogP contribution in [-0.2, 0) is 23.9 Å². The summed E-state index contributed by atoms with van der Waals surface area (Å²) in [5, 5.41) is 4.76. The SMILES string of the molecule is CC(C)(C)OC(=O)N1CCC[C@H]1C(=O)N1CCC[C@H]1C(=O)NCC(=O)NCC(N)=O. The van der Waals surface area contributed by atoms with Crippen LogP contribution in [0.25, 0.3) is 0 Å². The lowest BCUT2D eigenvalue weighted by atomic mass is 10.1. The highest BCUT2D eigenvalue weighted by molar-refractivity contribution is 5.94. The van der Waals surface area contributed by atoms with E-state index in [1.54, 1.807) is 20.8 Å². The van der Waals surface area contributed by atoms with Crippen molar-refractivity contribution in [2.24, 2.45) is 5.73 Å². The lowest BCUT2D eigenvalue weighted by molar-refractivity contribution is -0.142. The maximum absolute atomic E-state index is 13.1. The van der Waals surface area contributed by atoms with Crippen LogP contribution in [-0.4, -0.2) is 83.4 Å². The number of carbonyl (C=O) groups excluding carboxylic acids is 5. The van der Waals surface area contributed by atoms with Crippen LogP contribution in [0.15, 0.2) is 0 Å². The number of amides is 5. The summed E-state index contributed by atoms with van der Waals surface area (Å²) >= 11 is 0. The zero-order valence-corrected chi connectivity index (χ0v) is 17.7. The summed E-state index contributed by atoms with van der Waals surface area (Å²) < 4.78 is 5.40. The van der Waals surface area contributed by atoms with E-state index in [1.165, 1.54) is 9.80 Å². The third-order valence-corrected chi connectivity index (χ3v) is 4.89. The molecule has 0 aliphatic carbocycles. The Kier molecular flexibility index (Phi) is 7.63. The first-order chi connectivity index (χ1) is 14.0. The van der Waals surface area contributed by atoms with Gasteiger partial charge in [-0.3, -0.25) is 24.1 Å². The molecule has 0 aromatic carbocycles. The van der Waals surface area contributed by atoms with Gasteiger partial charge >= 0.3 is 6.09 Å². The van der Waals surface area contributed by atoms with Gasteiger partial charge in [-0.2, -0.15) is 0 Å². The summed E-state index contributed by atoms with van der Waals surface area (Å²) in [4.78, 5) is 63.4. The van der Waals surface area contributed by atoms with Gasteiger partial charge in [0.05, 0.1) is 13.1 Å². The fourth-order valence-corrected chi connectivity index (χ4v) is 3.59. The van der Waals surface area contributed by atoms with E-state index in [-0.39, 0.29) is 19.0 Å². The summed E-state index contributed by atoms with van der Waals surface area (Å²) in [6.07, 6.45) is 1.78. The van der Waals surface area contributed by atoms with E-state index in [0.717, 1.165) is 0 Å². The zero-order valence-electron chi connectivity index (χ0n) is 17.7. The summed E-state index contributed by atoms with van der Waals surface area (Å²) in [6, 6.07) is -1.37. The molecule has 0 unspecified atom stereocenters. The average Bonchev–Trinajstić information content (AvgIpc) is 3.31. The van der Waals surface area contributed by atoms with Crippen LogP contribution < -0.4 is 16.4 Å². The second-order valence-electron chi connectivity index (χ2n) is 8.48. The molecule has 2 rings (SSSR count). The lowest BCUT2D eigenvalue weighted by Gasteiger charge is -2.32. The molecule has 0 radical (unpaired) electrons. The third-order valence-electron chi connectivity index (χ3n) is 4.89. The molecule has 4 N–H and O–H groups in total. The quantitative estimate of drug-likeness (QED) is 0.501. The Morgan fingerprint density at radius 3 is 2.13 bits per heavy atom. The second-order valence-corrected chi connectivity index (χ2v) is 8.48. The number of carbonyl (C=O) groups is 5. The highest BCUT2D eigenvalue weighted by Gasteiger charge is 2.43. The molecule has 0 aromatic rings. The molecule has 2 saturated heterocycles. The van der Waals surface area contributed by atoms with Crippen molar-refractivity contribution in [3.8, 4) is 0 Å². The first-order valence-electron chi connectivity index (χ1n) is 10.1. The van der Waals surface area contributed by atoms with Crippen molar-refractivity contribution < 1.29 is 28.7 Å². The summed E-state index contributed by atoms with van der Waals surface area (Å²) in [6.45, 7) is 5.48. The molecule has 0 aromatic heterocycles. The van der Waals surface area contributed by atoms with Crippen molar-refractivity contribution in [2.45, 2.75) is 64.1 Å². The molecular formula is C19H31N5O6. The van der Waals surface area contributed by atoms with Gasteiger partial charge in [-0.25, -0.2) is 4.79 Å². The molecule has 168 valence electrons. The van der Waals surface area contributed by atoms with Gasteiger partial charge in [-0.15, -0.1) is 0 Å². The van der Waals surface area contributed by atoms with Crippen molar-refractivity contribution in [3.05, 3.63) is 0 Å². The molecule has 2 aliphatic rings. The number of nitrogens with two attached hydrogens (primary N) is 1. The molecular weight excluding hydrogens is 394 g/mol. The minimum atomic E-state index is -0.706. The van der Waals surface area contributed by atoms with Gasteiger partial charge in [0.1, 0.15) is 17.7 Å². The molecule has 2 atom stereocenters. The van der Waals surface area contributed by atoms with Crippen LogP contribution in [0.3, 0.4) is 0 Å². The monoisotopic (exact) mass is 425 g/mol. The number of nitrogens with one attached hydrogen (secondary N) is 2. The molecule has 11 heteroatoms. The Hall–Kier alpha value is -2.85. The highest BCUT2D eigenvalue weighted by atomic mass is 16.6. The van der Waals surface area contributed by atoms with E-state index in [0.29, 0.717) is 38.8 Å². The van der Waals surface area contributed by atoms with Crippen LogP contribution in [0.1, 0.15) is 46.5 Å². The van der Waals surface area contributed by atoms with Crippen molar-refractivity contribution >= 4 is 29.7 Å². The number of hydrogen-bond donors (Lipinski definition) is 3. The van der Waals surface area contributed by atoms with E-state index < -0.39 is 41.5 Å². The molecule has 30 heavy (non-hydrogen) atoms. The van der Waals surface area contributed by atoms with E-state index >= 15 is 0 Å². The Balaban J connectivity index is 1.96. The molecule has 11 nitrogen and oxygen atoms in total. The first-order valence-corrected chi connectivity index (χ1v) is 10.1. The minimum Gasteiger partial charge on any atom is -0.444 e. The maximum Gasteiger partial charge on any atom is 0.410 e. The number of likely N-dealkylation sites (tertiary alicyclic amines) is 2. The normalized spacial score (nSPS) is 21.3. The van der Waals surface area contributed by atoms with Gasteiger partial charge in [-0.1, -0.05) is 0 Å². The van der Waals surface area contributed by atoms with Crippen molar-refractivity contribution in [1.29, 1.82) is 0 Å². The van der Waals surface area contributed by atoms with Gasteiger partial charge in [0.15, 0.2) is 0 Å². The largest absolute Gasteiger partial charge is 0.444 e. The van der Waals surface area contributed by atoms with Crippen molar-refractivity contribution in [1.82, 2.24) is 20.4 Å². The number of ether oxygens (including phenoxy) is 1. The predicted octanol–water partition coefficient (Wildman–Crippen LogP) is -0.905. The molecule has 2 aliphatic heterocycles. The number of nitrogens with zero attached hydrogens (tertiary/aromatic N) is 2. The van der Waals surface area contributed by atoms with Gasteiger partial charge in [0, 0.05) is 13.1 Å². The first kappa shape index (κ1) is 23.4. The highest BCUT2D eigenvalue weighted by Crippen LogP contribution is 2.26.